The Balaban J connectivity index is 0.00000400. The average molecular weight is 323 g/mol. The van der Waals surface area contributed by atoms with Crippen LogP contribution in [0.4, 0.5) is 8.78 Å². The Kier molecular flexibility index (Phi) is 9.86. The lowest BCUT2D eigenvalue weighted by Gasteiger charge is -2.21. The summed E-state index contributed by atoms with van der Waals surface area (Å²) in [7, 11) is 1.57. The molecule has 0 aliphatic carbocycles. The van der Waals surface area contributed by atoms with Crippen molar-refractivity contribution in [2.45, 2.75) is 13.5 Å². The van der Waals surface area contributed by atoms with Crippen LogP contribution in [0.5, 0.6) is 0 Å². The van der Waals surface area contributed by atoms with E-state index in [0.29, 0.717) is 19.7 Å². The van der Waals surface area contributed by atoms with Crippen molar-refractivity contribution in [1.82, 2.24) is 10.2 Å². The van der Waals surface area contributed by atoms with Crippen LogP contribution in [-0.2, 0) is 16.1 Å². The van der Waals surface area contributed by atoms with Gasteiger partial charge >= 0.3 is 0 Å². The minimum absolute atomic E-state index is 0. The van der Waals surface area contributed by atoms with Gasteiger partial charge in [0, 0.05) is 25.8 Å². The number of nitrogens with zero attached hydrogens (tertiary/aromatic N) is 1. The van der Waals surface area contributed by atoms with Crippen LogP contribution in [0.2, 0.25) is 0 Å². The van der Waals surface area contributed by atoms with Crippen LogP contribution in [0.15, 0.2) is 18.2 Å². The highest BCUT2D eigenvalue weighted by Gasteiger charge is 2.16. The van der Waals surface area contributed by atoms with E-state index in [2.05, 4.69) is 5.32 Å². The van der Waals surface area contributed by atoms with E-state index < -0.39 is 11.6 Å². The van der Waals surface area contributed by atoms with Gasteiger partial charge in [-0.25, -0.2) is 8.78 Å². The van der Waals surface area contributed by atoms with E-state index in [1.165, 1.54) is 23.1 Å². The molecule has 1 N–H and O–H groups in total. The number of amides is 1. The van der Waals surface area contributed by atoms with E-state index in [4.69, 9.17) is 4.74 Å². The molecule has 0 saturated carbocycles. The molecule has 1 aromatic rings. The minimum Gasteiger partial charge on any atom is -0.383 e. The number of hydrogen-bond donors (Lipinski definition) is 1. The Hall–Kier alpha value is -1.24. The number of ether oxygens (including phenoxy) is 1. The molecular formula is C14H21ClF2N2O2. The molecule has 120 valence electrons. The molecule has 0 unspecified atom stereocenters. The Morgan fingerprint density at radius 2 is 1.95 bits per heavy atom. The van der Waals surface area contributed by atoms with Crippen LogP contribution < -0.4 is 5.32 Å². The fraction of sp³-hybridized carbons (Fsp3) is 0.500. The maximum Gasteiger partial charge on any atom is 0.236 e. The van der Waals surface area contributed by atoms with Crippen LogP contribution >= 0.6 is 12.4 Å². The summed E-state index contributed by atoms with van der Waals surface area (Å²) >= 11 is 0. The predicted molar refractivity (Wildman–Crippen MR) is 79.4 cm³/mol. The number of nitrogens with one attached hydrogen (secondary N) is 1. The van der Waals surface area contributed by atoms with E-state index in [1.807, 2.05) is 0 Å². The third kappa shape index (κ3) is 6.37. The van der Waals surface area contributed by atoms with Crippen molar-refractivity contribution in [2.75, 3.05) is 33.4 Å². The molecule has 0 spiro atoms. The highest BCUT2D eigenvalue weighted by atomic mass is 35.5. The van der Waals surface area contributed by atoms with E-state index in [1.54, 1.807) is 14.0 Å². The van der Waals surface area contributed by atoms with Gasteiger partial charge in [0.15, 0.2) is 0 Å². The molecule has 21 heavy (non-hydrogen) atoms. The van der Waals surface area contributed by atoms with Crippen LogP contribution in [0.3, 0.4) is 0 Å². The van der Waals surface area contributed by atoms with Gasteiger partial charge in [-0.15, -0.1) is 12.4 Å². The van der Waals surface area contributed by atoms with Gasteiger partial charge < -0.3 is 15.0 Å². The summed E-state index contributed by atoms with van der Waals surface area (Å²) < 4.78 is 32.0. The van der Waals surface area contributed by atoms with Crippen molar-refractivity contribution in [3.63, 3.8) is 0 Å². The first-order valence-electron chi connectivity index (χ1n) is 6.50. The van der Waals surface area contributed by atoms with Gasteiger partial charge in [0.2, 0.25) is 5.91 Å². The smallest absolute Gasteiger partial charge is 0.236 e. The molecule has 0 heterocycles. The van der Waals surface area contributed by atoms with E-state index in [0.717, 1.165) is 0 Å². The zero-order valence-corrected chi connectivity index (χ0v) is 13.0. The first kappa shape index (κ1) is 19.8. The van der Waals surface area contributed by atoms with E-state index >= 15 is 0 Å². The molecule has 0 radical (unpaired) electrons. The summed E-state index contributed by atoms with van der Waals surface area (Å²) in [6.07, 6.45) is 0. The zero-order chi connectivity index (χ0) is 15.0. The molecule has 7 heteroatoms. The molecule has 1 amide bonds. The largest absolute Gasteiger partial charge is 0.383 e. The van der Waals surface area contributed by atoms with Gasteiger partial charge in [-0.1, -0.05) is 6.07 Å². The second-order valence-corrected chi connectivity index (χ2v) is 4.28. The van der Waals surface area contributed by atoms with Gasteiger partial charge in [-0.2, -0.15) is 0 Å². The Bertz CT molecular complexity index is 427. The van der Waals surface area contributed by atoms with Gasteiger partial charge in [-0.05, 0) is 19.1 Å². The first-order chi connectivity index (χ1) is 9.60. The van der Waals surface area contributed by atoms with Gasteiger partial charge in [0.1, 0.15) is 11.6 Å². The summed E-state index contributed by atoms with van der Waals surface area (Å²) in [5, 5.41) is 2.91. The number of likely N-dealkylation sites (N-methyl/N-ethyl adjacent to an activating group) is 1. The number of benzene rings is 1. The summed E-state index contributed by atoms with van der Waals surface area (Å²) in [5.74, 6) is -1.47. The SMILES string of the molecule is CCN(Cc1c(F)cccc1F)C(=O)CNCCOC.Cl. The maximum atomic E-state index is 13.6. The lowest BCUT2D eigenvalue weighted by atomic mass is 10.2. The summed E-state index contributed by atoms with van der Waals surface area (Å²) in [6, 6.07) is 3.68. The van der Waals surface area contributed by atoms with Crippen molar-refractivity contribution in [2.24, 2.45) is 0 Å². The fourth-order valence-corrected chi connectivity index (χ4v) is 1.73. The van der Waals surface area contributed by atoms with Crippen LogP contribution in [-0.4, -0.2) is 44.2 Å². The molecule has 1 aromatic carbocycles. The topological polar surface area (TPSA) is 41.6 Å². The number of methoxy groups -OCH3 is 1. The van der Waals surface area contributed by atoms with Crippen molar-refractivity contribution < 1.29 is 18.3 Å². The first-order valence-corrected chi connectivity index (χ1v) is 6.50. The molecule has 1 rings (SSSR count). The highest BCUT2D eigenvalue weighted by Crippen LogP contribution is 2.14. The van der Waals surface area contributed by atoms with Crippen molar-refractivity contribution in [3.8, 4) is 0 Å². The molecule has 0 saturated heterocycles. The zero-order valence-electron chi connectivity index (χ0n) is 12.2. The molecule has 0 aliphatic rings. The Labute approximate surface area is 129 Å². The number of carbonyl (C=O) groups excluding carboxylic acids is 1. The molecule has 4 nitrogen and oxygen atoms in total. The second-order valence-electron chi connectivity index (χ2n) is 4.28. The molecule has 0 bridgehead atoms. The summed E-state index contributed by atoms with van der Waals surface area (Å²) in [6.45, 7) is 3.26. The van der Waals surface area contributed by atoms with Gasteiger partial charge in [-0.3, -0.25) is 4.79 Å². The average Bonchev–Trinajstić information content (AvgIpc) is 2.43. The molecular weight excluding hydrogens is 302 g/mol. The lowest BCUT2D eigenvalue weighted by Crippen LogP contribution is -2.38. The second kappa shape index (κ2) is 10.5. The number of halogens is 3. The van der Waals surface area contributed by atoms with E-state index in [9.17, 15) is 13.6 Å². The highest BCUT2D eigenvalue weighted by molar-refractivity contribution is 5.85. The molecule has 0 fully saturated rings. The number of rotatable bonds is 8. The third-order valence-corrected chi connectivity index (χ3v) is 2.90. The summed E-state index contributed by atoms with van der Waals surface area (Å²) in [4.78, 5) is 13.3. The monoisotopic (exact) mass is 322 g/mol. The predicted octanol–water partition coefficient (Wildman–Crippen LogP) is 1.97. The molecule has 0 aliphatic heterocycles. The Morgan fingerprint density at radius 1 is 1.33 bits per heavy atom. The van der Waals surface area contributed by atoms with Gasteiger partial charge in [0.05, 0.1) is 19.7 Å². The van der Waals surface area contributed by atoms with Crippen LogP contribution in [0, 0.1) is 11.6 Å². The van der Waals surface area contributed by atoms with Crippen molar-refractivity contribution in [3.05, 3.63) is 35.4 Å². The quantitative estimate of drug-likeness (QED) is 0.744. The standard InChI is InChI=1S/C14H20F2N2O2.ClH/c1-3-18(14(19)9-17-7-8-20-2)10-11-12(15)5-4-6-13(11)16;/h4-6,17H,3,7-10H2,1-2H3;1H. The Morgan fingerprint density at radius 3 is 2.48 bits per heavy atom. The van der Waals surface area contributed by atoms with E-state index in [-0.39, 0.29) is 37.0 Å². The van der Waals surface area contributed by atoms with Crippen molar-refractivity contribution >= 4 is 18.3 Å². The van der Waals surface area contributed by atoms with Gasteiger partial charge in [0.25, 0.3) is 0 Å². The third-order valence-electron chi connectivity index (χ3n) is 2.90. The normalized spacial score (nSPS) is 10.1. The maximum absolute atomic E-state index is 13.6. The molecule has 0 aromatic heterocycles. The minimum atomic E-state index is -0.636. The number of carbonyl (C=O) groups is 1. The molecule has 0 atom stereocenters. The fourth-order valence-electron chi connectivity index (χ4n) is 1.73. The lowest BCUT2D eigenvalue weighted by molar-refractivity contribution is -0.130. The van der Waals surface area contributed by atoms with Crippen LogP contribution in [0.25, 0.3) is 0 Å². The number of hydrogen-bond acceptors (Lipinski definition) is 3. The summed E-state index contributed by atoms with van der Waals surface area (Å²) in [5.41, 5.74) is -0.0837. The van der Waals surface area contributed by atoms with Crippen molar-refractivity contribution in [1.29, 1.82) is 0 Å². The van der Waals surface area contributed by atoms with Crippen LogP contribution in [0.1, 0.15) is 12.5 Å².